The molecule has 26 heavy (non-hydrogen) atoms. The highest BCUT2D eigenvalue weighted by molar-refractivity contribution is 5.96. The molecule has 0 aliphatic heterocycles. The second-order valence-electron chi connectivity index (χ2n) is 5.60. The highest BCUT2D eigenvalue weighted by Gasteiger charge is 2.29. The lowest BCUT2D eigenvalue weighted by Gasteiger charge is -2.18. The third-order valence-electron chi connectivity index (χ3n) is 3.68. The molecule has 0 spiro atoms. The van der Waals surface area contributed by atoms with Crippen molar-refractivity contribution in [2.75, 3.05) is 6.54 Å². The molecule has 2 aromatic rings. The Bertz CT molecular complexity index is 747. The van der Waals surface area contributed by atoms with Gasteiger partial charge in [0, 0.05) is 6.54 Å². The number of carbonyl (C=O) groups is 2. The van der Waals surface area contributed by atoms with E-state index in [1.807, 2.05) is 5.32 Å². The van der Waals surface area contributed by atoms with Gasteiger partial charge < -0.3 is 11.1 Å². The van der Waals surface area contributed by atoms with E-state index in [4.69, 9.17) is 5.73 Å². The van der Waals surface area contributed by atoms with Gasteiger partial charge in [0.25, 0.3) is 0 Å². The van der Waals surface area contributed by atoms with Crippen LogP contribution in [0.1, 0.15) is 22.7 Å². The highest BCUT2D eigenvalue weighted by atomic mass is 19.4. The SMILES string of the molecule is NC(=O)NC(=O)[C@@H](NCCc1ccc(C(F)(F)F)cc1)c1ccccc1. The zero-order valence-corrected chi connectivity index (χ0v) is 13.7. The number of halogens is 3. The number of nitrogens with two attached hydrogens (primary N) is 1. The molecule has 0 unspecified atom stereocenters. The van der Waals surface area contributed by atoms with Crippen molar-refractivity contribution >= 4 is 11.9 Å². The van der Waals surface area contributed by atoms with Crippen LogP contribution in [0.5, 0.6) is 0 Å². The standard InChI is InChI=1S/C18H18F3N3O2/c19-18(20,21)14-8-6-12(7-9-14)10-11-23-15(16(25)24-17(22)26)13-4-2-1-3-5-13/h1-9,15,23H,10-11H2,(H3,22,24,25,26)/t15-/m0/s1. The van der Waals surface area contributed by atoms with Crippen LogP contribution in [0, 0.1) is 0 Å². The summed E-state index contributed by atoms with van der Waals surface area (Å²) in [6.45, 7) is 0.317. The van der Waals surface area contributed by atoms with Crippen molar-refractivity contribution < 1.29 is 22.8 Å². The molecule has 0 radical (unpaired) electrons. The molecule has 8 heteroatoms. The minimum Gasteiger partial charge on any atom is -0.351 e. The fourth-order valence-corrected chi connectivity index (χ4v) is 2.42. The van der Waals surface area contributed by atoms with E-state index < -0.39 is 29.7 Å². The maximum absolute atomic E-state index is 12.6. The van der Waals surface area contributed by atoms with E-state index in [-0.39, 0.29) is 0 Å². The minimum absolute atomic E-state index is 0.317. The Morgan fingerprint density at radius 2 is 1.62 bits per heavy atom. The zero-order valence-electron chi connectivity index (χ0n) is 13.7. The van der Waals surface area contributed by atoms with Gasteiger partial charge in [-0.25, -0.2) is 4.79 Å². The Labute approximate surface area is 148 Å². The Kier molecular flexibility index (Phi) is 6.35. The summed E-state index contributed by atoms with van der Waals surface area (Å²) in [5, 5.41) is 5.02. The zero-order chi connectivity index (χ0) is 19.2. The third kappa shape index (κ3) is 5.59. The number of benzene rings is 2. The molecule has 5 nitrogen and oxygen atoms in total. The molecule has 0 aliphatic rings. The van der Waals surface area contributed by atoms with Crippen molar-refractivity contribution in [3.8, 4) is 0 Å². The van der Waals surface area contributed by atoms with Gasteiger partial charge >= 0.3 is 12.2 Å². The number of carbonyl (C=O) groups excluding carboxylic acids is 2. The number of hydrogen-bond donors (Lipinski definition) is 3. The maximum Gasteiger partial charge on any atom is 0.416 e. The van der Waals surface area contributed by atoms with Crippen LogP contribution in [-0.2, 0) is 17.4 Å². The molecule has 2 rings (SSSR count). The van der Waals surface area contributed by atoms with Crippen molar-refractivity contribution in [3.05, 3.63) is 71.3 Å². The molecule has 0 heterocycles. The normalized spacial score (nSPS) is 12.4. The van der Waals surface area contributed by atoms with Crippen LogP contribution in [0.3, 0.4) is 0 Å². The van der Waals surface area contributed by atoms with Crippen LogP contribution >= 0.6 is 0 Å². The first kappa shape index (κ1) is 19.5. The van der Waals surface area contributed by atoms with Crippen LogP contribution in [0.15, 0.2) is 54.6 Å². The van der Waals surface area contributed by atoms with Gasteiger partial charge in [-0.15, -0.1) is 0 Å². The van der Waals surface area contributed by atoms with E-state index in [2.05, 4.69) is 5.32 Å². The first-order chi connectivity index (χ1) is 12.3. The molecule has 0 saturated heterocycles. The minimum atomic E-state index is -4.37. The summed E-state index contributed by atoms with van der Waals surface area (Å²) < 4.78 is 37.7. The molecule has 2 aromatic carbocycles. The molecule has 0 fully saturated rings. The predicted molar refractivity (Wildman–Crippen MR) is 90.1 cm³/mol. The molecule has 0 saturated carbocycles. The smallest absolute Gasteiger partial charge is 0.351 e. The summed E-state index contributed by atoms with van der Waals surface area (Å²) in [5.41, 5.74) is 5.60. The van der Waals surface area contributed by atoms with Crippen LogP contribution in [0.2, 0.25) is 0 Å². The van der Waals surface area contributed by atoms with Crippen molar-refractivity contribution in [2.24, 2.45) is 5.73 Å². The van der Waals surface area contributed by atoms with Crippen LogP contribution in [0.4, 0.5) is 18.0 Å². The van der Waals surface area contributed by atoms with Crippen molar-refractivity contribution in [3.63, 3.8) is 0 Å². The van der Waals surface area contributed by atoms with Gasteiger partial charge in [0.1, 0.15) is 6.04 Å². The van der Waals surface area contributed by atoms with Gasteiger partial charge in [-0.1, -0.05) is 42.5 Å². The number of rotatable bonds is 6. The number of alkyl halides is 3. The van der Waals surface area contributed by atoms with Crippen molar-refractivity contribution in [1.29, 1.82) is 0 Å². The van der Waals surface area contributed by atoms with Crippen LogP contribution < -0.4 is 16.4 Å². The molecular weight excluding hydrogens is 347 g/mol. The van der Waals surface area contributed by atoms with Crippen LogP contribution in [-0.4, -0.2) is 18.5 Å². The molecule has 138 valence electrons. The topological polar surface area (TPSA) is 84.2 Å². The third-order valence-corrected chi connectivity index (χ3v) is 3.68. The average Bonchev–Trinajstić information content (AvgIpc) is 2.58. The molecule has 0 bridgehead atoms. The molecule has 0 aliphatic carbocycles. The van der Waals surface area contributed by atoms with E-state index >= 15 is 0 Å². The van der Waals surface area contributed by atoms with Gasteiger partial charge in [-0.3, -0.25) is 10.1 Å². The van der Waals surface area contributed by atoms with Gasteiger partial charge in [0.15, 0.2) is 0 Å². The lowest BCUT2D eigenvalue weighted by Crippen LogP contribution is -2.43. The van der Waals surface area contributed by atoms with Crippen molar-refractivity contribution in [1.82, 2.24) is 10.6 Å². The van der Waals surface area contributed by atoms with Gasteiger partial charge in [-0.2, -0.15) is 13.2 Å². The van der Waals surface area contributed by atoms with Crippen molar-refractivity contribution in [2.45, 2.75) is 18.6 Å². The van der Waals surface area contributed by atoms with Crippen LogP contribution in [0.25, 0.3) is 0 Å². The fourth-order valence-electron chi connectivity index (χ4n) is 2.42. The second kappa shape index (κ2) is 8.48. The Balaban J connectivity index is 2.01. The monoisotopic (exact) mass is 365 g/mol. The lowest BCUT2D eigenvalue weighted by molar-refractivity contribution is -0.137. The Hall–Kier alpha value is -2.87. The second-order valence-corrected chi connectivity index (χ2v) is 5.60. The Morgan fingerprint density at radius 3 is 2.15 bits per heavy atom. The summed E-state index contributed by atoms with van der Waals surface area (Å²) in [6.07, 6.45) is -3.96. The molecule has 1 atom stereocenters. The number of amides is 3. The fraction of sp³-hybridized carbons (Fsp3) is 0.222. The first-order valence-electron chi connectivity index (χ1n) is 7.82. The van der Waals surface area contributed by atoms with E-state index in [0.29, 0.717) is 24.1 Å². The molecule has 4 N–H and O–H groups in total. The quantitative estimate of drug-likeness (QED) is 0.736. The summed E-state index contributed by atoms with van der Waals surface area (Å²) >= 11 is 0. The summed E-state index contributed by atoms with van der Waals surface area (Å²) in [5.74, 6) is -0.601. The Morgan fingerprint density at radius 1 is 1.00 bits per heavy atom. The van der Waals surface area contributed by atoms with Gasteiger partial charge in [-0.05, 0) is 29.7 Å². The average molecular weight is 365 g/mol. The summed E-state index contributed by atoms with van der Waals surface area (Å²) in [6, 6.07) is 11.8. The van der Waals surface area contributed by atoms with E-state index in [9.17, 15) is 22.8 Å². The molecule has 3 amide bonds. The van der Waals surface area contributed by atoms with E-state index in [1.165, 1.54) is 12.1 Å². The largest absolute Gasteiger partial charge is 0.416 e. The first-order valence-corrected chi connectivity index (χ1v) is 7.82. The number of primary amides is 1. The summed E-state index contributed by atoms with van der Waals surface area (Å²) in [4.78, 5) is 23.1. The molecular formula is C18H18F3N3O2. The van der Waals surface area contributed by atoms with Gasteiger partial charge in [0.2, 0.25) is 5.91 Å². The number of imide groups is 1. The molecule has 0 aromatic heterocycles. The lowest BCUT2D eigenvalue weighted by atomic mass is 10.0. The van der Waals surface area contributed by atoms with E-state index in [1.54, 1.807) is 30.3 Å². The number of nitrogens with one attached hydrogen (secondary N) is 2. The van der Waals surface area contributed by atoms with Gasteiger partial charge in [0.05, 0.1) is 5.56 Å². The number of urea groups is 1. The van der Waals surface area contributed by atoms with E-state index in [0.717, 1.165) is 12.1 Å². The predicted octanol–water partition coefficient (Wildman–Crippen LogP) is 2.77. The maximum atomic E-state index is 12.6. The summed E-state index contributed by atoms with van der Waals surface area (Å²) in [7, 11) is 0. The highest BCUT2D eigenvalue weighted by Crippen LogP contribution is 2.29. The number of hydrogen-bond acceptors (Lipinski definition) is 3.